The van der Waals surface area contributed by atoms with Crippen molar-refractivity contribution in [2.24, 2.45) is 0 Å². The molecule has 1 amide bonds. The predicted molar refractivity (Wildman–Crippen MR) is 69.4 cm³/mol. The monoisotopic (exact) mass is 259 g/mol. The van der Waals surface area contributed by atoms with E-state index in [0.717, 1.165) is 0 Å². The van der Waals surface area contributed by atoms with Crippen LogP contribution in [0.4, 0.5) is 10.7 Å². The number of rotatable bonds is 3. The third-order valence-corrected chi connectivity index (χ3v) is 2.21. The molecule has 1 N–H and O–H groups in total. The highest BCUT2D eigenvalue weighted by Crippen LogP contribution is 2.13. The van der Waals surface area contributed by atoms with Crippen molar-refractivity contribution in [1.29, 1.82) is 0 Å². The van der Waals surface area contributed by atoms with Gasteiger partial charge in [-0.2, -0.15) is 4.98 Å². The number of benzene rings is 1. The number of aryl methyl sites for hydroxylation is 1. The van der Waals surface area contributed by atoms with Crippen LogP contribution in [0.15, 0.2) is 36.4 Å². The van der Waals surface area contributed by atoms with Gasteiger partial charge in [0.05, 0.1) is 7.11 Å². The van der Waals surface area contributed by atoms with Crippen molar-refractivity contribution in [1.82, 2.24) is 9.97 Å². The van der Waals surface area contributed by atoms with Crippen molar-refractivity contribution >= 4 is 12.0 Å². The minimum Gasteiger partial charge on any atom is -0.481 e. The molecular weight excluding hydrogens is 246 g/mol. The molecule has 1 heterocycles. The molecule has 0 bridgehead atoms. The number of anilines is 1. The van der Waals surface area contributed by atoms with Crippen LogP contribution < -0.4 is 14.8 Å². The first-order valence-electron chi connectivity index (χ1n) is 5.61. The minimum absolute atomic E-state index is 0.137. The first kappa shape index (κ1) is 12.8. The van der Waals surface area contributed by atoms with Crippen LogP contribution in [0.5, 0.6) is 11.6 Å². The van der Waals surface area contributed by atoms with Crippen molar-refractivity contribution in [3.05, 3.63) is 42.1 Å². The summed E-state index contributed by atoms with van der Waals surface area (Å²) in [5.74, 6) is 0.958. The molecule has 6 heteroatoms. The molecule has 19 heavy (non-hydrogen) atoms. The number of hydrogen-bond acceptors (Lipinski definition) is 5. The molecule has 0 aliphatic heterocycles. The van der Waals surface area contributed by atoms with Crippen LogP contribution in [-0.2, 0) is 0 Å². The highest BCUT2D eigenvalue weighted by molar-refractivity contribution is 5.84. The van der Waals surface area contributed by atoms with Crippen LogP contribution in [0, 0.1) is 6.92 Å². The molecule has 2 aromatic rings. The van der Waals surface area contributed by atoms with Crippen LogP contribution in [-0.4, -0.2) is 23.2 Å². The second kappa shape index (κ2) is 5.81. The smallest absolute Gasteiger partial charge is 0.419 e. The van der Waals surface area contributed by atoms with E-state index in [4.69, 9.17) is 9.47 Å². The lowest BCUT2D eigenvalue weighted by Gasteiger charge is -2.07. The molecule has 0 saturated carbocycles. The maximum Gasteiger partial charge on any atom is 0.419 e. The van der Waals surface area contributed by atoms with Gasteiger partial charge in [-0.05, 0) is 19.1 Å². The van der Waals surface area contributed by atoms with Gasteiger partial charge in [-0.25, -0.2) is 9.78 Å². The van der Waals surface area contributed by atoms with E-state index in [0.29, 0.717) is 17.3 Å². The summed E-state index contributed by atoms with van der Waals surface area (Å²) < 4.78 is 10.1. The summed E-state index contributed by atoms with van der Waals surface area (Å²) in [7, 11) is 1.49. The number of para-hydroxylation sites is 1. The van der Waals surface area contributed by atoms with Gasteiger partial charge in [-0.3, -0.25) is 5.32 Å². The average molecular weight is 259 g/mol. The molecule has 0 unspecified atom stereocenters. The molecule has 0 radical (unpaired) electrons. The predicted octanol–water partition coefficient (Wildman–Crippen LogP) is 2.40. The molecule has 0 atom stereocenters. The summed E-state index contributed by atoms with van der Waals surface area (Å²) in [4.78, 5) is 19.7. The molecule has 0 aliphatic carbocycles. The Balaban J connectivity index is 2.05. The van der Waals surface area contributed by atoms with Crippen molar-refractivity contribution in [2.45, 2.75) is 6.92 Å². The topological polar surface area (TPSA) is 73.3 Å². The Morgan fingerprint density at radius 2 is 1.95 bits per heavy atom. The Labute approximate surface area is 110 Å². The molecule has 6 nitrogen and oxygen atoms in total. The largest absolute Gasteiger partial charge is 0.481 e. The van der Waals surface area contributed by atoms with Gasteiger partial charge in [0, 0.05) is 11.8 Å². The summed E-state index contributed by atoms with van der Waals surface area (Å²) in [6.07, 6.45) is -0.654. The van der Waals surface area contributed by atoms with Gasteiger partial charge in [0.1, 0.15) is 5.75 Å². The van der Waals surface area contributed by atoms with Crippen LogP contribution in [0.1, 0.15) is 5.69 Å². The van der Waals surface area contributed by atoms with Gasteiger partial charge in [0.25, 0.3) is 0 Å². The van der Waals surface area contributed by atoms with Crippen molar-refractivity contribution in [2.75, 3.05) is 12.4 Å². The first-order chi connectivity index (χ1) is 9.17. The molecule has 1 aromatic carbocycles. The van der Waals surface area contributed by atoms with Gasteiger partial charge < -0.3 is 9.47 Å². The standard InChI is InChI=1S/C13H13N3O3/c1-9-8-11(18-2)15-12(14-9)16-13(17)19-10-6-4-3-5-7-10/h3-8H,1-2H3,(H,14,15,16,17). The molecule has 2 rings (SSSR count). The summed E-state index contributed by atoms with van der Waals surface area (Å²) in [6, 6.07) is 10.4. The van der Waals surface area contributed by atoms with E-state index in [-0.39, 0.29) is 5.95 Å². The maximum atomic E-state index is 11.6. The van der Waals surface area contributed by atoms with Gasteiger partial charge in [-0.1, -0.05) is 18.2 Å². The minimum atomic E-state index is -0.654. The number of carbonyl (C=O) groups is 1. The third-order valence-electron chi connectivity index (χ3n) is 2.21. The second-order valence-corrected chi connectivity index (χ2v) is 3.70. The number of nitrogens with zero attached hydrogens (tertiary/aromatic N) is 2. The van der Waals surface area contributed by atoms with Crippen LogP contribution >= 0.6 is 0 Å². The highest BCUT2D eigenvalue weighted by atomic mass is 16.6. The maximum absolute atomic E-state index is 11.6. The fourth-order valence-corrected chi connectivity index (χ4v) is 1.41. The van der Waals surface area contributed by atoms with E-state index in [1.54, 1.807) is 37.3 Å². The van der Waals surface area contributed by atoms with Gasteiger partial charge >= 0.3 is 6.09 Å². The summed E-state index contributed by atoms with van der Waals surface area (Å²) in [5, 5.41) is 2.44. The molecule has 98 valence electrons. The van der Waals surface area contributed by atoms with Gasteiger partial charge in [-0.15, -0.1) is 0 Å². The number of amides is 1. The van der Waals surface area contributed by atoms with Crippen LogP contribution in [0.3, 0.4) is 0 Å². The zero-order valence-electron chi connectivity index (χ0n) is 10.6. The molecule has 1 aromatic heterocycles. The van der Waals surface area contributed by atoms with E-state index in [1.165, 1.54) is 7.11 Å². The van der Waals surface area contributed by atoms with E-state index >= 15 is 0 Å². The second-order valence-electron chi connectivity index (χ2n) is 3.70. The van der Waals surface area contributed by atoms with Crippen LogP contribution in [0.25, 0.3) is 0 Å². The summed E-state index contributed by atoms with van der Waals surface area (Å²) in [5.41, 5.74) is 0.682. The Morgan fingerprint density at radius 3 is 2.63 bits per heavy atom. The third kappa shape index (κ3) is 3.67. The number of carbonyl (C=O) groups excluding carboxylic acids is 1. The Bertz CT molecular complexity index is 573. The number of methoxy groups -OCH3 is 1. The zero-order valence-corrected chi connectivity index (χ0v) is 10.6. The van der Waals surface area contributed by atoms with E-state index in [9.17, 15) is 4.79 Å². The number of hydrogen-bond donors (Lipinski definition) is 1. The van der Waals surface area contributed by atoms with Gasteiger partial charge in [0.2, 0.25) is 11.8 Å². The normalized spacial score (nSPS) is 9.79. The molecule has 0 fully saturated rings. The lowest BCUT2D eigenvalue weighted by Crippen LogP contribution is -2.18. The molecule has 0 saturated heterocycles. The number of nitrogens with one attached hydrogen (secondary N) is 1. The zero-order chi connectivity index (χ0) is 13.7. The highest BCUT2D eigenvalue weighted by Gasteiger charge is 2.08. The summed E-state index contributed by atoms with van der Waals surface area (Å²) in [6.45, 7) is 1.78. The fraction of sp³-hybridized carbons (Fsp3) is 0.154. The SMILES string of the molecule is COc1cc(C)nc(NC(=O)Oc2ccccc2)n1. The summed E-state index contributed by atoms with van der Waals surface area (Å²) >= 11 is 0. The average Bonchev–Trinajstić information content (AvgIpc) is 2.38. The van der Waals surface area contributed by atoms with Crippen LogP contribution in [0.2, 0.25) is 0 Å². The lowest BCUT2D eigenvalue weighted by molar-refractivity contribution is 0.215. The molecular formula is C13H13N3O3. The Hall–Kier alpha value is -2.63. The van der Waals surface area contributed by atoms with Crippen molar-refractivity contribution in [3.8, 4) is 11.6 Å². The van der Waals surface area contributed by atoms with Crippen molar-refractivity contribution in [3.63, 3.8) is 0 Å². The van der Waals surface area contributed by atoms with E-state index in [1.807, 2.05) is 6.07 Å². The number of aromatic nitrogens is 2. The van der Waals surface area contributed by atoms with E-state index in [2.05, 4.69) is 15.3 Å². The van der Waals surface area contributed by atoms with Crippen molar-refractivity contribution < 1.29 is 14.3 Å². The quantitative estimate of drug-likeness (QED) is 0.916. The Kier molecular flexibility index (Phi) is 3.92. The lowest BCUT2D eigenvalue weighted by atomic mass is 10.3. The first-order valence-corrected chi connectivity index (χ1v) is 5.61. The number of ether oxygens (including phenoxy) is 2. The molecule has 0 aliphatic rings. The molecule has 0 spiro atoms. The van der Waals surface area contributed by atoms with Gasteiger partial charge in [0.15, 0.2) is 0 Å². The Morgan fingerprint density at radius 1 is 1.21 bits per heavy atom. The van der Waals surface area contributed by atoms with E-state index < -0.39 is 6.09 Å². The fourth-order valence-electron chi connectivity index (χ4n) is 1.41.